The molecule has 0 spiro atoms. The predicted octanol–water partition coefficient (Wildman–Crippen LogP) is 6.75. The van der Waals surface area contributed by atoms with Gasteiger partial charge in [0.05, 0.1) is 5.69 Å². The molecule has 4 heteroatoms. The molecule has 128 valence electrons. The van der Waals surface area contributed by atoms with Crippen molar-refractivity contribution in [1.82, 2.24) is 0 Å². The summed E-state index contributed by atoms with van der Waals surface area (Å²) in [6, 6.07) is 22.5. The normalized spacial score (nSPS) is 11.3. The van der Waals surface area contributed by atoms with Gasteiger partial charge in [0.15, 0.2) is 5.78 Å². The number of nitrogens with zero attached hydrogens (tertiary/aromatic N) is 1. The Morgan fingerprint density at radius 1 is 0.962 bits per heavy atom. The Balaban J connectivity index is 1.75. The highest BCUT2D eigenvalue weighted by Crippen LogP contribution is 2.18. The number of halogens is 2. The fourth-order valence-corrected chi connectivity index (χ4v) is 2.75. The van der Waals surface area contributed by atoms with Crippen LogP contribution in [0, 0.1) is 0 Å². The lowest BCUT2D eigenvalue weighted by molar-refractivity contribution is 0.104. The average molecular weight is 425 g/mol. The van der Waals surface area contributed by atoms with Crippen molar-refractivity contribution in [3.8, 4) is 0 Å². The number of carbonyl (C=O) groups is 1. The number of ketones is 1. The molecule has 0 saturated carbocycles. The fourth-order valence-electron chi connectivity index (χ4n) is 2.31. The predicted molar refractivity (Wildman–Crippen MR) is 113 cm³/mol. The van der Waals surface area contributed by atoms with Gasteiger partial charge < -0.3 is 0 Å². The largest absolute Gasteiger partial charge is 0.289 e. The molecule has 2 nitrogen and oxygen atoms in total. The summed E-state index contributed by atoms with van der Waals surface area (Å²) >= 11 is 9.52. The molecule has 0 aliphatic rings. The molecule has 0 saturated heterocycles. The summed E-state index contributed by atoms with van der Waals surface area (Å²) in [7, 11) is 0. The number of carbonyl (C=O) groups excluding carboxylic acids is 1. The molecule has 0 heterocycles. The van der Waals surface area contributed by atoms with E-state index in [-0.39, 0.29) is 5.78 Å². The van der Waals surface area contributed by atoms with Crippen molar-refractivity contribution >= 4 is 51.3 Å². The molecule has 0 bridgehead atoms. The van der Waals surface area contributed by atoms with Crippen LogP contribution in [0.1, 0.15) is 21.5 Å². The molecule has 0 aliphatic carbocycles. The molecule has 0 N–H and O–H groups in total. The highest BCUT2D eigenvalue weighted by Gasteiger charge is 2.03. The third kappa shape index (κ3) is 5.01. The van der Waals surface area contributed by atoms with Gasteiger partial charge in [-0.05, 0) is 42.0 Å². The lowest BCUT2D eigenvalue weighted by Gasteiger charge is -2.00. The highest BCUT2D eigenvalue weighted by molar-refractivity contribution is 9.10. The van der Waals surface area contributed by atoms with Gasteiger partial charge in [-0.2, -0.15) is 0 Å². The van der Waals surface area contributed by atoms with Crippen LogP contribution in [-0.2, 0) is 0 Å². The first-order valence-corrected chi connectivity index (χ1v) is 9.15. The minimum absolute atomic E-state index is 0.0669. The quantitative estimate of drug-likeness (QED) is 0.253. The molecule has 3 rings (SSSR count). The van der Waals surface area contributed by atoms with Crippen LogP contribution < -0.4 is 0 Å². The van der Waals surface area contributed by atoms with Gasteiger partial charge in [0, 0.05) is 26.8 Å². The Kier molecular flexibility index (Phi) is 6.16. The maximum Gasteiger partial charge on any atom is 0.185 e. The van der Waals surface area contributed by atoms with Gasteiger partial charge in [-0.1, -0.05) is 76.1 Å². The molecule has 0 unspecified atom stereocenters. The topological polar surface area (TPSA) is 29.4 Å². The van der Waals surface area contributed by atoms with E-state index in [0.29, 0.717) is 16.3 Å². The molecule has 3 aromatic carbocycles. The fraction of sp³-hybridized carbons (Fsp3) is 0. The second-order valence-corrected chi connectivity index (χ2v) is 6.90. The van der Waals surface area contributed by atoms with E-state index in [0.717, 1.165) is 15.6 Å². The molecule has 0 radical (unpaired) electrons. The summed E-state index contributed by atoms with van der Waals surface area (Å²) in [5.41, 5.74) is 3.09. The van der Waals surface area contributed by atoms with Gasteiger partial charge in [-0.25, -0.2) is 0 Å². The summed E-state index contributed by atoms with van der Waals surface area (Å²) in [6.07, 6.45) is 5.07. The zero-order chi connectivity index (χ0) is 18.4. The lowest BCUT2D eigenvalue weighted by atomic mass is 10.1. The molecule has 3 aromatic rings. The van der Waals surface area contributed by atoms with Crippen LogP contribution in [0.25, 0.3) is 6.08 Å². The van der Waals surface area contributed by atoms with E-state index in [9.17, 15) is 4.79 Å². The van der Waals surface area contributed by atoms with E-state index in [1.54, 1.807) is 30.5 Å². The molecule has 0 aromatic heterocycles. The summed E-state index contributed by atoms with van der Waals surface area (Å²) in [6.45, 7) is 0. The van der Waals surface area contributed by atoms with Crippen molar-refractivity contribution in [3.05, 3.63) is 105 Å². The van der Waals surface area contributed by atoms with E-state index >= 15 is 0 Å². The highest BCUT2D eigenvalue weighted by atomic mass is 79.9. The standard InChI is InChI=1S/C22H15BrClNO/c23-19-11-8-16(9-12-19)10-13-22(26)17-5-3-6-20(14-17)25-15-18-4-1-2-7-21(18)24/h1-15H/b13-10+,25-15?. The SMILES string of the molecule is O=C(/C=C/c1ccc(Br)cc1)c1cccc(N=Cc2ccccc2Cl)c1. The third-order valence-electron chi connectivity index (χ3n) is 3.69. The maximum absolute atomic E-state index is 12.4. The van der Waals surface area contributed by atoms with Crippen molar-refractivity contribution in [3.63, 3.8) is 0 Å². The number of hydrogen-bond acceptors (Lipinski definition) is 2. The smallest absolute Gasteiger partial charge is 0.185 e. The van der Waals surface area contributed by atoms with Crippen molar-refractivity contribution in [2.45, 2.75) is 0 Å². The Hall–Kier alpha value is -2.49. The molecule has 0 amide bonds. The summed E-state index contributed by atoms with van der Waals surface area (Å²) < 4.78 is 1.00. The van der Waals surface area contributed by atoms with Gasteiger partial charge >= 0.3 is 0 Å². The zero-order valence-corrected chi connectivity index (χ0v) is 16.1. The van der Waals surface area contributed by atoms with Gasteiger partial charge in [0.2, 0.25) is 0 Å². The maximum atomic E-state index is 12.4. The molecular formula is C22H15BrClNO. The third-order valence-corrected chi connectivity index (χ3v) is 4.56. The number of benzene rings is 3. The minimum Gasteiger partial charge on any atom is -0.289 e. The van der Waals surface area contributed by atoms with Crippen LogP contribution in [0.5, 0.6) is 0 Å². The monoisotopic (exact) mass is 423 g/mol. The average Bonchev–Trinajstić information content (AvgIpc) is 2.67. The summed E-state index contributed by atoms with van der Waals surface area (Å²) in [5, 5.41) is 0.640. The van der Waals surface area contributed by atoms with Crippen molar-refractivity contribution in [1.29, 1.82) is 0 Å². The second kappa shape index (κ2) is 8.75. The molecule has 26 heavy (non-hydrogen) atoms. The van der Waals surface area contributed by atoms with Gasteiger partial charge in [0.25, 0.3) is 0 Å². The first kappa shape index (κ1) is 18.3. The number of hydrogen-bond donors (Lipinski definition) is 0. The van der Waals surface area contributed by atoms with Crippen LogP contribution >= 0.6 is 27.5 Å². The Labute approximate surface area is 166 Å². The van der Waals surface area contributed by atoms with Crippen LogP contribution in [0.15, 0.2) is 88.3 Å². The zero-order valence-electron chi connectivity index (χ0n) is 13.8. The second-order valence-electron chi connectivity index (χ2n) is 5.58. The van der Waals surface area contributed by atoms with Gasteiger partial charge in [-0.15, -0.1) is 0 Å². The van der Waals surface area contributed by atoms with E-state index in [1.807, 2.05) is 60.7 Å². The number of allylic oxidation sites excluding steroid dienone is 1. The first-order chi connectivity index (χ1) is 12.6. The first-order valence-electron chi connectivity index (χ1n) is 7.98. The molecular weight excluding hydrogens is 410 g/mol. The molecule has 0 fully saturated rings. The van der Waals surface area contributed by atoms with Crippen LogP contribution in [0.3, 0.4) is 0 Å². The Morgan fingerprint density at radius 2 is 1.73 bits per heavy atom. The van der Waals surface area contributed by atoms with Gasteiger partial charge in [-0.3, -0.25) is 9.79 Å². The van der Waals surface area contributed by atoms with E-state index in [4.69, 9.17) is 11.6 Å². The van der Waals surface area contributed by atoms with E-state index in [2.05, 4.69) is 20.9 Å². The summed E-state index contributed by atoms with van der Waals surface area (Å²) in [5.74, 6) is -0.0669. The number of rotatable bonds is 5. The van der Waals surface area contributed by atoms with Crippen molar-refractivity contribution in [2.24, 2.45) is 4.99 Å². The van der Waals surface area contributed by atoms with E-state index < -0.39 is 0 Å². The van der Waals surface area contributed by atoms with Crippen molar-refractivity contribution < 1.29 is 4.79 Å². The van der Waals surface area contributed by atoms with Crippen LogP contribution in [0.4, 0.5) is 5.69 Å². The van der Waals surface area contributed by atoms with Gasteiger partial charge in [0.1, 0.15) is 0 Å². The minimum atomic E-state index is -0.0669. The molecule has 0 aliphatic heterocycles. The van der Waals surface area contributed by atoms with E-state index in [1.165, 1.54) is 0 Å². The number of aliphatic imine (C=N–C) groups is 1. The van der Waals surface area contributed by atoms with Crippen LogP contribution in [-0.4, -0.2) is 12.0 Å². The van der Waals surface area contributed by atoms with Crippen LogP contribution in [0.2, 0.25) is 5.02 Å². The Morgan fingerprint density at radius 3 is 2.50 bits per heavy atom. The van der Waals surface area contributed by atoms with Crippen molar-refractivity contribution in [2.75, 3.05) is 0 Å². The summed E-state index contributed by atoms with van der Waals surface area (Å²) in [4.78, 5) is 16.8. The molecule has 0 atom stereocenters. The lowest BCUT2D eigenvalue weighted by Crippen LogP contribution is -1.93. The Bertz CT molecular complexity index is 977.